The standard InChI is InChI=1S/C21H32ClN5O3Si/c1-20(2,3)31(6,7)28-9-8-12-10-13(16-15(12)29-21(4,5)30-16)27-11-24-18-14(27)17(22)25-19(23)26-18/h10-11,13,15-16H,8-9H2,1-7H3,(H2,23,25,26)/t13-,15-,16+/m1/s1. The number of nitrogens with two attached hydrogens (primary N) is 1. The molecule has 0 spiro atoms. The van der Waals surface area contributed by atoms with Gasteiger partial charge in [0.25, 0.3) is 0 Å². The van der Waals surface area contributed by atoms with Gasteiger partial charge in [-0.05, 0) is 44.0 Å². The predicted octanol–water partition coefficient (Wildman–Crippen LogP) is 4.48. The predicted molar refractivity (Wildman–Crippen MR) is 123 cm³/mol. The van der Waals surface area contributed by atoms with Crippen molar-refractivity contribution in [3.05, 3.63) is 23.1 Å². The van der Waals surface area contributed by atoms with E-state index in [-0.39, 0.29) is 34.4 Å². The van der Waals surface area contributed by atoms with Crippen LogP contribution in [0.2, 0.25) is 23.3 Å². The van der Waals surface area contributed by atoms with Gasteiger partial charge in [0.15, 0.2) is 24.9 Å². The van der Waals surface area contributed by atoms with E-state index in [0.29, 0.717) is 17.8 Å². The van der Waals surface area contributed by atoms with E-state index in [9.17, 15) is 0 Å². The zero-order chi connectivity index (χ0) is 22.8. The molecule has 0 bridgehead atoms. The molecule has 2 aliphatic rings. The fraction of sp³-hybridized carbons (Fsp3) is 0.667. The van der Waals surface area contributed by atoms with E-state index in [4.69, 9.17) is 31.2 Å². The molecule has 2 N–H and O–H groups in total. The van der Waals surface area contributed by atoms with Crippen LogP contribution in [-0.4, -0.2) is 52.4 Å². The molecule has 31 heavy (non-hydrogen) atoms. The number of nitrogens with zero attached hydrogens (tertiary/aromatic N) is 4. The highest BCUT2D eigenvalue weighted by molar-refractivity contribution is 6.74. The van der Waals surface area contributed by atoms with Crippen molar-refractivity contribution >= 4 is 37.0 Å². The van der Waals surface area contributed by atoms with E-state index in [1.807, 2.05) is 18.4 Å². The Bertz CT molecular complexity index is 1030. The van der Waals surface area contributed by atoms with Crippen molar-refractivity contribution in [2.45, 2.75) is 83.2 Å². The molecule has 1 fully saturated rings. The number of hydrogen-bond acceptors (Lipinski definition) is 7. The highest BCUT2D eigenvalue weighted by Crippen LogP contribution is 2.45. The highest BCUT2D eigenvalue weighted by Gasteiger charge is 2.50. The Morgan fingerprint density at radius 2 is 1.97 bits per heavy atom. The first-order chi connectivity index (χ1) is 14.3. The first-order valence-corrected chi connectivity index (χ1v) is 13.9. The van der Waals surface area contributed by atoms with E-state index in [2.05, 4.69) is 54.9 Å². The van der Waals surface area contributed by atoms with Crippen molar-refractivity contribution in [3.63, 3.8) is 0 Å². The average Bonchev–Trinajstić information content (AvgIpc) is 3.25. The number of ether oxygens (including phenoxy) is 2. The van der Waals surface area contributed by atoms with Crippen LogP contribution in [0, 0.1) is 0 Å². The first kappa shape index (κ1) is 22.7. The van der Waals surface area contributed by atoms with Gasteiger partial charge in [-0.15, -0.1) is 0 Å². The van der Waals surface area contributed by atoms with Crippen molar-refractivity contribution < 1.29 is 13.9 Å². The third kappa shape index (κ3) is 4.14. The third-order valence-corrected chi connectivity index (χ3v) is 11.4. The zero-order valence-electron chi connectivity index (χ0n) is 19.3. The number of halogens is 1. The summed E-state index contributed by atoms with van der Waals surface area (Å²) in [5.74, 6) is -0.568. The van der Waals surface area contributed by atoms with E-state index in [0.717, 1.165) is 6.42 Å². The lowest BCUT2D eigenvalue weighted by molar-refractivity contribution is -0.148. The number of hydrogen-bond donors (Lipinski definition) is 1. The molecule has 1 saturated heterocycles. The largest absolute Gasteiger partial charge is 0.417 e. The summed E-state index contributed by atoms with van der Waals surface area (Å²) >= 11 is 6.40. The van der Waals surface area contributed by atoms with Crippen LogP contribution < -0.4 is 5.73 Å². The molecular formula is C21H32ClN5O3Si. The average molecular weight is 466 g/mol. The van der Waals surface area contributed by atoms with Crippen LogP contribution in [0.15, 0.2) is 18.0 Å². The van der Waals surface area contributed by atoms with E-state index in [1.54, 1.807) is 6.33 Å². The van der Waals surface area contributed by atoms with Gasteiger partial charge in [0.05, 0.1) is 12.4 Å². The van der Waals surface area contributed by atoms with Gasteiger partial charge in [-0.25, -0.2) is 4.98 Å². The fourth-order valence-electron chi connectivity index (χ4n) is 3.98. The Kier molecular flexibility index (Phi) is 5.50. The number of nitrogen functional groups attached to an aromatic ring is 1. The molecule has 4 rings (SSSR count). The summed E-state index contributed by atoms with van der Waals surface area (Å²) in [6, 6.07) is -0.135. The number of aromatic nitrogens is 4. The van der Waals surface area contributed by atoms with Crippen LogP contribution >= 0.6 is 11.6 Å². The molecule has 3 atom stereocenters. The summed E-state index contributed by atoms with van der Waals surface area (Å²) in [5.41, 5.74) is 8.01. The van der Waals surface area contributed by atoms with Gasteiger partial charge in [-0.3, -0.25) is 0 Å². The smallest absolute Gasteiger partial charge is 0.223 e. The van der Waals surface area contributed by atoms with Gasteiger partial charge in [0.1, 0.15) is 17.7 Å². The molecule has 0 aromatic carbocycles. The van der Waals surface area contributed by atoms with Crippen LogP contribution in [0.4, 0.5) is 5.95 Å². The number of imidazole rings is 1. The van der Waals surface area contributed by atoms with Gasteiger partial charge in [-0.2, -0.15) is 9.97 Å². The second kappa shape index (κ2) is 7.52. The van der Waals surface area contributed by atoms with Crippen LogP contribution in [0.25, 0.3) is 11.2 Å². The molecule has 0 saturated carbocycles. The Labute approximate surface area is 189 Å². The summed E-state index contributed by atoms with van der Waals surface area (Å²) in [4.78, 5) is 12.7. The van der Waals surface area contributed by atoms with Gasteiger partial charge in [0.2, 0.25) is 5.95 Å². The summed E-state index contributed by atoms with van der Waals surface area (Å²) in [5, 5.41) is 0.448. The minimum Gasteiger partial charge on any atom is -0.417 e. The third-order valence-electron chi connectivity index (χ3n) is 6.60. The quantitative estimate of drug-likeness (QED) is 0.395. The molecule has 8 nitrogen and oxygen atoms in total. The molecule has 0 radical (unpaired) electrons. The Morgan fingerprint density at radius 3 is 2.65 bits per heavy atom. The number of rotatable bonds is 5. The van der Waals surface area contributed by atoms with Crippen molar-refractivity contribution in [1.82, 2.24) is 19.5 Å². The minimum absolute atomic E-state index is 0.104. The number of fused-ring (bicyclic) bond motifs is 2. The molecule has 1 aliphatic heterocycles. The normalized spacial score (nSPS) is 25.8. The van der Waals surface area contributed by atoms with E-state index in [1.165, 1.54) is 5.57 Å². The van der Waals surface area contributed by atoms with Gasteiger partial charge in [0, 0.05) is 6.61 Å². The molecule has 170 valence electrons. The van der Waals surface area contributed by atoms with Gasteiger partial charge < -0.3 is 24.2 Å². The molecule has 2 aromatic rings. The first-order valence-electron chi connectivity index (χ1n) is 10.6. The topological polar surface area (TPSA) is 97.3 Å². The molecular weight excluding hydrogens is 434 g/mol. The maximum absolute atomic E-state index is 6.41. The Morgan fingerprint density at radius 1 is 1.26 bits per heavy atom. The van der Waals surface area contributed by atoms with Crippen molar-refractivity contribution in [3.8, 4) is 0 Å². The van der Waals surface area contributed by atoms with Crippen LogP contribution in [0.1, 0.15) is 47.1 Å². The van der Waals surface area contributed by atoms with Crippen LogP contribution in [-0.2, 0) is 13.9 Å². The van der Waals surface area contributed by atoms with Gasteiger partial charge in [-0.1, -0.05) is 38.4 Å². The van der Waals surface area contributed by atoms with Crippen molar-refractivity contribution in [1.29, 1.82) is 0 Å². The minimum atomic E-state index is -1.82. The molecule has 0 unspecified atom stereocenters. The summed E-state index contributed by atoms with van der Waals surface area (Å²) in [7, 11) is -1.82. The molecule has 0 amide bonds. The molecule has 2 aromatic heterocycles. The Balaban J connectivity index is 1.62. The van der Waals surface area contributed by atoms with E-state index >= 15 is 0 Å². The lowest BCUT2D eigenvalue weighted by atomic mass is 10.1. The highest BCUT2D eigenvalue weighted by atomic mass is 35.5. The van der Waals surface area contributed by atoms with E-state index < -0.39 is 14.1 Å². The lowest BCUT2D eigenvalue weighted by Gasteiger charge is -2.36. The van der Waals surface area contributed by atoms with Gasteiger partial charge >= 0.3 is 0 Å². The number of anilines is 1. The Hall–Kier alpha value is -1.52. The summed E-state index contributed by atoms with van der Waals surface area (Å²) in [6.07, 6.45) is 4.35. The monoisotopic (exact) mass is 465 g/mol. The molecule has 1 aliphatic carbocycles. The van der Waals surface area contributed by atoms with Crippen molar-refractivity contribution in [2.24, 2.45) is 0 Å². The lowest BCUT2D eigenvalue weighted by Crippen LogP contribution is -2.41. The maximum atomic E-state index is 6.41. The summed E-state index contributed by atoms with van der Waals surface area (Å²) in [6.45, 7) is 15.8. The molecule has 10 heteroatoms. The summed E-state index contributed by atoms with van der Waals surface area (Å²) < 4.78 is 20.9. The molecule has 3 heterocycles. The van der Waals surface area contributed by atoms with Crippen LogP contribution in [0.5, 0.6) is 0 Å². The second-order valence-electron chi connectivity index (χ2n) is 10.3. The SMILES string of the molecule is CC1(C)O[C@@H]2[C@H](O1)C(CCO[Si](C)(C)C(C)(C)C)=C[C@H]2n1cnc2nc(N)nc(Cl)c21. The van der Waals surface area contributed by atoms with Crippen molar-refractivity contribution in [2.75, 3.05) is 12.3 Å². The zero-order valence-corrected chi connectivity index (χ0v) is 21.0. The second-order valence-corrected chi connectivity index (χ2v) is 15.5. The maximum Gasteiger partial charge on any atom is 0.223 e. The van der Waals surface area contributed by atoms with Crippen LogP contribution in [0.3, 0.4) is 0 Å². The fourth-order valence-corrected chi connectivity index (χ4v) is 5.30.